The van der Waals surface area contributed by atoms with Crippen LogP contribution in [0.15, 0.2) is 61.4 Å². The lowest BCUT2D eigenvalue weighted by Crippen LogP contribution is -2.48. The normalized spacial score (nSPS) is 17.2. The zero-order chi connectivity index (χ0) is 32.1. The molecule has 0 radical (unpaired) electrons. The highest BCUT2D eigenvalue weighted by atomic mass is 16.6. The third-order valence-corrected chi connectivity index (χ3v) is 7.62. The summed E-state index contributed by atoms with van der Waals surface area (Å²) in [5.41, 5.74) is 1.50. The van der Waals surface area contributed by atoms with E-state index in [0.717, 1.165) is 5.56 Å². The SMILES string of the molecule is CC(C)(C)OC(=O)N1CCO[C@H](Cn2cc(Cc3ncnc(N4CCN(c5ncc(C(=O)c6ccccc6)cn5)CC4)n3)cn2)C1. The van der Waals surface area contributed by atoms with E-state index >= 15 is 0 Å². The lowest BCUT2D eigenvalue weighted by atomic mass is 10.1. The number of ketones is 1. The van der Waals surface area contributed by atoms with E-state index in [0.29, 0.717) is 87.7 Å². The number of hydrogen-bond acceptors (Lipinski definition) is 12. The molecule has 4 aromatic rings. The van der Waals surface area contributed by atoms with Crippen LogP contribution in [0.3, 0.4) is 0 Å². The van der Waals surface area contributed by atoms with Crippen LogP contribution >= 0.6 is 0 Å². The van der Waals surface area contributed by atoms with E-state index < -0.39 is 5.60 Å². The number of anilines is 2. The van der Waals surface area contributed by atoms with Crippen molar-refractivity contribution in [2.45, 2.75) is 45.4 Å². The van der Waals surface area contributed by atoms with Crippen LogP contribution in [-0.4, -0.2) is 109 Å². The molecule has 14 nitrogen and oxygen atoms in total. The van der Waals surface area contributed by atoms with E-state index in [9.17, 15) is 9.59 Å². The first-order valence-electron chi connectivity index (χ1n) is 15.4. The molecule has 0 N–H and O–H groups in total. The molecule has 0 aliphatic carbocycles. The largest absolute Gasteiger partial charge is 0.444 e. The molecule has 0 saturated carbocycles. The second kappa shape index (κ2) is 13.6. The molecule has 2 saturated heterocycles. The Morgan fingerprint density at radius 2 is 1.61 bits per heavy atom. The molecular formula is C32H38N10O4. The van der Waals surface area contributed by atoms with Crippen molar-refractivity contribution >= 4 is 23.8 Å². The van der Waals surface area contributed by atoms with Crippen molar-refractivity contribution in [3.05, 3.63) is 84.0 Å². The molecule has 0 unspecified atom stereocenters. The van der Waals surface area contributed by atoms with Crippen LogP contribution in [0.25, 0.3) is 0 Å². The number of ether oxygens (including phenoxy) is 2. The third kappa shape index (κ3) is 7.80. The first kappa shape index (κ1) is 31.0. The van der Waals surface area contributed by atoms with Gasteiger partial charge in [0.15, 0.2) is 5.78 Å². The molecule has 240 valence electrons. The Morgan fingerprint density at radius 1 is 0.891 bits per heavy atom. The monoisotopic (exact) mass is 626 g/mol. The van der Waals surface area contributed by atoms with Gasteiger partial charge in [0.2, 0.25) is 11.9 Å². The van der Waals surface area contributed by atoms with Crippen LogP contribution in [0, 0.1) is 0 Å². The van der Waals surface area contributed by atoms with Crippen LogP contribution in [-0.2, 0) is 22.4 Å². The summed E-state index contributed by atoms with van der Waals surface area (Å²) in [6.45, 7) is 10.3. The summed E-state index contributed by atoms with van der Waals surface area (Å²) in [5, 5.41) is 4.50. The van der Waals surface area contributed by atoms with Crippen molar-refractivity contribution in [1.82, 2.24) is 39.6 Å². The van der Waals surface area contributed by atoms with Gasteiger partial charge in [0.25, 0.3) is 0 Å². The average Bonchev–Trinajstić information content (AvgIpc) is 3.50. The minimum atomic E-state index is -0.542. The Balaban J connectivity index is 1.00. The molecule has 1 amide bonds. The number of amides is 1. The fourth-order valence-electron chi connectivity index (χ4n) is 5.33. The minimum Gasteiger partial charge on any atom is -0.444 e. The summed E-state index contributed by atoms with van der Waals surface area (Å²) in [7, 11) is 0. The maximum atomic E-state index is 12.7. The number of benzene rings is 1. The number of aromatic nitrogens is 7. The van der Waals surface area contributed by atoms with Crippen molar-refractivity contribution in [3.8, 4) is 0 Å². The quantitative estimate of drug-likeness (QED) is 0.265. The van der Waals surface area contributed by atoms with Crippen molar-refractivity contribution in [3.63, 3.8) is 0 Å². The topological polar surface area (TPSA) is 145 Å². The molecule has 2 aliphatic heterocycles. The van der Waals surface area contributed by atoms with Gasteiger partial charge >= 0.3 is 6.09 Å². The van der Waals surface area contributed by atoms with Gasteiger partial charge in [-0.1, -0.05) is 30.3 Å². The number of nitrogens with zero attached hydrogens (tertiary/aromatic N) is 10. The molecule has 2 aliphatic rings. The van der Waals surface area contributed by atoms with Crippen molar-refractivity contribution in [2.75, 3.05) is 55.7 Å². The zero-order valence-corrected chi connectivity index (χ0v) is 26.3. The summed E-state index contributed by atoms with van der Waals surface area (Å²) in [6, 6.07) is 9.12. The maximum absolute atomic E-state index is 12.7. The van der Waals surface area contributed by atoms with E-state index in [2.05, 4.69) is 34.8 Å². The van der Waals surface area contributed by atoms with Gasteiger partial charge in [0.05, 0.1) is 37.6 Å². The van der Waals surface area contributed by atoms with Crippen molar-refractivity contribution < 1.29 is 19.1 Å². The molecule has 1 atom stereocenters. The van der Waals surface area contributed by atoms with Crippen LogP contribution < -0.4 is 9.80 Å². The smallest absolute Gasteiger partial charge is 0.410 e. The number of rotatable bonds is 8. The van der Waals surface area contributed by atoms with Crippen molar-refractivity contribution in [2.24, 2.45) is 0 Å². The van der Waals surface area contributed by atoms with E-state index in [4.69, 9.17) is 14.5 Å². The van der Waals surface area contributed by atoms with Gasteiger partial charge in [0.1, 0.15) is 17.8 Å². The Labute approximate surface area is 267 Å². The fraction of sp³-hybridized carbons (Fsp3) is 0.438. The summed E-state index contributed by atoms with van der Waals surface area (Å²) in [5.74, 6) is 1.77. The summed E-state index contributed by atoms with van der Waals surface area (Å²) in [6.07, 6.45) is 8.47. The van der Waals surface area contributed by atoms with E-state index in [-0.39, 0.29) is 18.0 Å². The lowest BCUT2D eigenvalue weighted by Gasteiger charge is -2.34. The molecule has 2 fully saturated rings. The first-order chi connectivity index (χ1) is 22.2. The molecule has 14 heteroatoms. The lowest BCUT2D eigenvalue weighted by molar-refractivity contribution is -0.0483. The standard InChI is InChI=1S/C32H38N10O4/c1-32(2,3)46-31(44)41-13-14-45-26(20-41)21-42-19-23(16-37-42)15-27-35-22-36-30(38-27)40-11-9-39(10-12-40)29-33-17-25(18-34-29)28(43)24-7-5-4-6-8-24/h4-8,16-19,22,26H,9-15,20-21H2,1-3H3/t26-/m0/s1. The van der Waals surface area contributed by atoms with Gasteiger partial charge in [0, 0.05) is 63.3 Å². The summed E-state index contributed by atoms with van der Waals surface area (Å²) >= 11 is 0. The summed E-state index contributed by atoms with van der Waals surface area (Å²) in [4.78, 5) is 53.6. The van der Waals surface area contributed by atoms with Crippen LogP contribution in [0.4, 0.5) is 16.7 Å². The van der Waals surface area contributed by atoms with Gasteiger partial charge in [-0.15, -0.1) is 0 Å². The zero-order valence-electron chi connectivity index (χ0n) is 26.3. The number of morpholine rings is 1. The van der Waals surface area contributed by atoms with E-state index in [1.165, 1.54) is 0 Å². The highest BCUT2D eigenvalue weighted by Gasteiger charge is 2.28. The Bertz CT molecular complexity index is 1630. The third-order valence-electron chi connectivity index (χ3n) is 7.62. The molecule has 0 spiro atoms. The van der Waals surface area contributed by atoms with Crippen LogP contribution in [0.5, 0.6) is 0 Å². The van der Waals surface area contributed by atoms with Crippen molar-refractivity contribution in [1.29, 1.82) is 0 Å². The Morgan fingerprint density at radius 3 is 2.33 bits per heavy atom. The van der Waals surface area contributed by atoms with Crippen LogP contribution in [0.2, 0.25) is 0 Å². The molecule has 1 aromatic carbocycles. The molecule has 5 heterocycles. The van der Waals surface area contributed by atoms with Gasteiger partial charge in [-0.2, -0.15) is 10.1 Å². The fourth-order valence-corrected chi connectivity index (χ4v) is 5.33. The Kier molecular flexibility index (Phi) is 9.15. The van der Waals surface area contributed by atoms with E-state index in [1.54, 1.807) is 42.0 Å². The number of carbonyl (C=O) groups is 2. The second-order valence-electron chi connectivity index (χ2n) is 12.3. The highest BCUT2D eigenvalue weighted by molar-refractivity contribution is 6.08. The molecule has 3 aromatic heterocycles. The maximum Gasteiger partial charge on any atom is 0.410 e. The first-order valence-corrected chi connectivity index (χ1v) is 15.4. The highest BCUT2D eigenvalue weighted by Crippen LogP contribution is 2.18. The molecule has 0 bridgehead atoms. The molecule has 6 rings (SSSR count). The van der Waals surface area contributed by atoms with E-state index in [1.807, 2.05) is 49.8 Å². The predicted octanol–water partition coefficient (Wildman–Crippen LogP) is 2.64. The van der Waals surface area contributed by atoms with Gasteiger partial charge in [-0.25, -0.2) is 24.7 Å². The Hall–Kier alpha value is -4.98. The average molecular weight is 627 g/mol. The van der Waals surface area contributed by atoms with Gasteiger partial charge < -0.3 is 24.2 Å². The predicted molar refractivity (Wildman–Crippen MR) is 169 cm³/mol. The van der Waals surface area contributed by atoms with Gasteiger partial charge in [-0.05, 0) is 26.3 Å². The number of hydrogen-bond donors (Lipinski definition) is 0. The molecular weight excluding hydrogens is 588 g/mol. The van der Waals surface area contributed by atoms with Gasteiger partial charge in [-0.3, -0.25) is 9.48 Å². The summed E-state index contributed by atoms with van der Waals surface area (Å²) < 4.78 is 13.2. The minimum absolute atomic E-state index is 0.0974. The number of piperazine rings is 1. The van der Waals surface area contributed by atoms with Crippen LogP contribution in [0.1, 0.15) is 48.1 Å². The second-order valence-corrected chi connectivity index (χ2v) is 12.3. The number of carbonyl (C=O) groups excluding carboxylic acids is 2. The molecule has 46 heavy (non-hydrogen) atoms.